The zero-order chi connectivity index (χ0) is 32.6. The molecule has 0 amide bonds. The van der Waals surface area contributed by atoms with Crippen LogP contribution in [0.2, 0.25) is 6.32 Å². The molecule has 5 rings (SSSR count). The smallest absolute Gasteiger partial charge is 0.340 e. The average molecular weight is 622 g/mol. The minimum Gasteiger partial charge on any atom is -0.340 e. The lowest BCUT2D eigenvalue weighted by Crippen LogP contribution is -2.66. The molecule has 3 aromatic carbocycles. The van der Waals surface area contributed by atoms with Crippen LogP contribution < -0.4 is 27.0 Å². The molecule has 0 saturated heterocycles. The fourth-order valence-electron chi connectivity index (χ4n) is 7.60. The fourth-order valence-corrected chi connectivity index (χ4v) is 7.60. The lowest BCUT2D eigenvalue weighted by Gasteiger charge is -2.43. The zero-order valence-electron chi connectivity index (χ0n) is 29.4. The van der Waals surface area contributed by atoms with Gasteiger partial charge >= 0.3 is 5.96 Å². The van der Waals surface area contributed by atoms with Crippen LogP contribution in [-0.2, 0) is 0 Å². The largest absolute Gasteiger partial charge is 0.354 e. The summed E-state index contributed by atoms with van der Waals surface area (Å²) in [4.78, 5) is 7.16. The van der Waals surface area contributed by atoms with Crippen LogP contribution in [0.5, 0.6) is 0 Å². The third-order valence-electron chi connectivity index (χ3n) is 10.0. The van der Waals surface area contributed by atoms with Crippen molar-refractivity contribution >= 4 is 34.5 Å². The number of unbranched alkanes of at least 4 members (excludes halogenated alkanes) is 1. The van der Waals surface area contributed by atoms with E-state index in [1.165, 1.54) is 99.8 Å². The van der Waals surface area contributed by atoms with Gasteiger partial charge in [-0.15, -0.1) is 0 Å². The van der Waals surface area contributed by atoms with Crippen molar-refractivity contribution in [3.63, 3.8) is 0 Å². The molecule has 5 nitrogen and oxygen atoms in total. The number of benzene rings is 3. The van der Waals surface area contributed by atoms with Gasteiger partial charge in [0.1, 0.15) is 0 Å². The second kappa shape index (κ2) is 18.6. The summed E-state index contributed by atoms with van der Waals surface area (Å²) >= 11 is 0. The number of rotatable bonds is 8. The van der Waals surface area contributed by atoms with Crippen LogP contribution in [0.1, 0.15) is 84.0 Å². The molecule has 3 aromatic rings. The van der Waals surface area contributed by atoms with Crippen molar-refractivity contribution < 1.29 is 4.58 Å². The van der Waals surface area contributed by atoms with Gasteiger partial charge in [0, 0.05) is 6.04 Å². The van der Waals surface area contributed by atoms with Gasteiger partial charge < -0.3 is 5.32 Å². The topological polar surface area (TPSA) is 42.7 Å². The molecular formula is C40H60BN5. The average Bonchev–Trinajstić information content (AvgIpc) is 3.10. The first kappa shape index (κ1) is 35.3. The molecule has 46 heavy (non-hydrogen) atoms. The van der Waals surface area contributed by atoms with E-state index in [1.54, 1.807) is 0 Å². The number of nitrogens with one attached hydrogen (secondary N) is 2. The van der Waals surface area contributed by atoms with Crippen molar-refractivity contribution in [3.05, 3.63) is 91.0 Å². The SMILES string of the molecule is CCCC[B-](c1ccccc1)(c1ccccc1)c1ccccc1.CN(C)C(NC(=NC1CCCCC1)NC1CCCCC1)=[N+](C)C. The predicted octanol–water partition coefficient (Wildman–Crippen LogP) is 6.33. The Morgan fingerprint density at radius 2 is 1.17 bits per heavy atom. The highest BCUT2D eigenvalue weighted by atomic mass is 15.4. The van der Waals surface area contributed by atoms with E-state index in [-0.39, 0.29) is 0 Å². The van der Waals surface area contributed by atoms with E-state index in [4.69, 9.17) is 4.99 Å². The number of hydrogen-bond donors (Lipinski definition) is 2. The summed E-state index contributed by atoms with van der Waals surface area (Å²) in [7, 11) is 8.28. The standard InChI is InChI=1S/C22H24B.C18H35N5/c1-2-3-19-23(20-13-7-4-8-14-20,21-15-9-5-10-16-21)22-17-11-6-12-18-22;1-22(2)18(23(3)4)21-17(19-15-11-7-5-8-12-15)20-16-13-9-6-10-14-16/h4-18H,2-3,19H2,1H3;15-16H,5-14H2,1-4H3,(H,19,20)/q-1;/p+1. The maximum Gasteiger partial charge on any atom is 0.354 e. The molecule has 248 valence electrons. The molecule has 6 heteroatoms. The van der Waals surface area contributed by atoms with Crippen LogP contribution in [0.25, 0.3) is 0 Å². The molecule has 0 unspecified atom stereocenters. The van der Waals surface area contributed by atoms with Crippen molar-refractivity contribution in [2.24, 2.45) is 4.99 Å². The van der Waals surface area contributed by atoms with Crippen molar-refractivity contribution in [2.45, 2.75) is 102 Å². The van der Waals surface area contributed by atoms with Crippen molar-refractivity contribution in [1.29, 1.82) is 0 Å². The lowest BCUT2D eigenvalue weighted by atomic mass is 9.14. The maximum atomic E-state index is 5.05. The first-order valence-corrected chi connectivity index (χ1v) is 18.1. The Kier molecular flexibility index (Phi) is 14.3. The van der Waals surface area contributed by atoms with E-state index in [0.717, 1.165) is 11.9 Å². The van der Waals surface area contributed by atoms with Crippen LogP contribution in [0.4, 0.5) is 0 Å². The van der Waals surface area contributed by atoms with Crippen LogP contribution in [0, 0.1) is 0 Å². The van der Waals surface area contributed by atoms with Gasteiger partial charge in [-0.05, 0) is 25.7 Å². The van der Waals surface area contributed by atoms with Crippen LogP contribution >= 0.6 is 0 Å². The summed E-state index contributed by atoms with van der Waals surface area (Å²) < 4.78 is 2.11. The molecule has 2 saturated carbocycles. The van der Waals surface area contributed by atoms with Crippen molar-refractivity contribution in [2.75, 3.05) is 28.2 Å². The zero-order valence-corrected chi connectivity index (χ0v) is 29.4. The minimum absolute atomic E-state index is 0.480. The second-order valence-corrected chi connectivity index (χ2v) is 13.9. The summed E-state index contributed by atoms with van der Waals surface area (Å²) in [6.45, 7) is 2.28. The summed E-state index contributed by atoms with van der Waals surface area (Å²) in [6.07, 6.45) is 15.8. The van der Waals surface area contributed by atoms with E-state index >= 15 is 0 Å². The Morgan fingerprint density at radius 1 is 0.717 bits per heavy atom. The summed E-state index contributed by atoms with van der Waals surface area (Å²) in [5.41, 5.74) is 4.33. The highest BCUT2D eigenvalue weighted by Gasteiger charge is 2.29. The molecule has 2 N–H and O–H groups in total. The lowest BCUT2D eigenvalue weighted by molar-refractivity contribution is -0.471. The molecule has 2 aliphatic rings. The van der Waals surface area contributed by atoms with E-state index in [2.05, 4.69) is 146 Å². The molecule has 0 spiro atoms. The summed E-state index contributed by atoms with van der Waals surface area (Å²) in [5, 5.41) is 7.26. The molecule has 2 aliphatic carbocycles. The molecule has 0 radical (unpaired) electrons. The first-order chi connectivity index (χ1) is 22.4. The first-order valence-electron chi connectivity index (χ1n) is 18.1. The van der Waals surface area contributed by atoms with Gasteiger partial charge in [-0.3, -0.25) is 9.48 Å². The molecular weight excluding hydrogens is 561 g/mol. The number of hydrogen-bond acceptors (Lipinski definition) is 1. The monoisotopic (exact) mass is 621 g/mol. The molecule has 0 bridgehead atoms. The fraction of sp³-hybridized carbons (Fsp3) is 0.500. The molecule has 2 fully saturated rings. The molecule has 0 aromatic heterocycles. The van der Waals surface area contributed by atoms with Crippen LogP contribution in [-0.4, -0.2) is 67.8 Å². The van der Waals surface area contributed by atoms with Gasteiger partial charge in [0.25, 0.3) is 5.96 Å². The Balaban J connectivity index is 0.000000209. The predicted molar refractivity (Wildman–Crippen MR) is 202 cm³/mol. The molecule has 0 atom stereocenters. The van der Waals surface area contributed by atoms with E-state index in [9.17, 15) is 0 Å². The number of nitrogens with zero attached hydrogens (tertiary/aromatic N) is 3. The highest BCUT2D eigenvalue weighted by Crippen LogP contribution is 2.21. The second-order valence-electron chi connectivity index (χ2n) is 13.9. The van der Waals surface area contributed by atoms with Crippen LogP contribution in [0.15, 0.2) is 96.0 Å². The molecule has 0 aliphatic heterocycles. The van der Waals surface area contributed by atoms with Crippen LogP contribution in [0.3, 0.4) is 0 Å². The van der Waals surface area contributed by atoms with E-state index in [1.807, 2.05) is 0 Å². The van der Waals surface area contributed by atoms with Gasteiger partial charge in [-0.2, -0.15) is 22.7 Å². The van der Waals surface area contributed by atoms with Gasteiger partial charge in [0.2, 0.25) is 0 Å². The summed E-state index contributed by atoms with van der Waals surface area (Å²) in [6, 6.07) is 34.2. The third-order valence-corrected chi connectivity index (χ3v) is 10.0. The van der Waals surface area contributed by atoms with Crippen molar-refractivity contribution in [3.8, 4) is 0 Å². The normalized spacial score (nSPS) is 16.2. The van der Waals surface area contributed by atoms with Gasteiger partial charge in [0.05, 0.1) is 40.4 Å². The molecule has 0 heterocycles. The Bertz CT molecular complexity index is 1230. The number of guanidine groups is 2. The highest BCUT2D eigenvalue weighted by molar-refractivity contribution is 7.11. The van der Waals surface area contributed by atoms with Crippen molar-refractivity contribution in [1.82, 2.24) is 15.5 Å². The Morgan fingerprint density at radius 3 is 1.59 bits per heavy atom. The van der Waals surface area contributed by atoms with Gasteiger partial charge in [0.15, 0.2) is 0 Å². The quantitative estimate of drug-likeness (QED) is 0.134. The number of aliphatic imine (C=N–C) groups is 1. The Labute approximate surface area is 280 Å². The minimum atomic E-state index is -0.913. The van der Waals surface area contributed by atoms with E-state index in [0.29, 0.717) is 12.1 Å². The third kappa shape index (κ3) is 9.98. The maximum absolute atomic E-state index is 5.05. The van der Waals surface area contributed by atoms with E-state index < -0.39 is 6.15 Å². The Hall–Kier alpha value is -3.54. The van der Waals surface area contributed by atoms with Gasteiger partial charge in [-0.25, -0.2) is 10.3 Å². The van der Waals surface area contributed by atoms with Gasteiger partial charge in [-0.1, -0.05) is 149 Å². The summed E-state index contributed by atoms with van der Waals surface area (Å²) in [5.74, 6) is 2.05.